The van der Waals surface area contributed by atoms with Gasteiger partial charge in [-0.05, 0) is 12.1 Å². The van der Waals surface area contributed by atoms with Crippen LogP contribution in [0.15, 0.2) is 34.8 Å². The Morgan fingerprint density at radius 3 is 2.45 bits per heavy atom. The molecule has 20 nitrogen and oxygen atoms in total. The third-order valence-electron chi connectivity index (χ3n) is 5.38. The SMILES string of the molecule is NC(=O)OC[C@@H]1[C@H](NC(=O)/C(=N\OCC(=O)C(=O)c2ccc([N+](=O)[O-])cc2)c2csc(NC(=O)CCl)n2)C(=O)N1S(=O)(=O)O. The quantitative estimate of drug-likeness (QED) is 0.0273. The summed E-state index contributed by atoms with van der Waals surface area (Å²) < 4.78 is 36.9. The monoisotopic (exact) mass is 675 g/mol. The van der Waals surface area contributed by atoms with Crippen LogP contribution in [-0.4, -0.2) is 99.5 Å². The molecule has 0 saturated carbocycles. The van der Waals surface area contributed by atoms with Crippen LogP contribution in [0.4, 0.5) is 15.6 Å². The number of aromatic nitrogens is 1. The zero-order valence-corrected chi connectivity index (χ0v) is 24.0. The number of nitrogens with two attached hydrogens (primary N) is 1. The number of ketones is 2. The van der Waals surface area contributed by atoms with Crippen LogP contribution < -0.4 is 16.4 Å². The highest BCUT2D eigenvalue weighted by atomic mass is 35.5. The van der Waals surface area contributed by atoms with Crippen LogP contribution >= 0.6 is 22.9 Å². The molecular weight excluding hydrogens is 658 g/mol. The fourth-order valence-corrected chi connectivity index (χ4v) is 5.06. The first-order valence-corrected chi connectivity index (χ1v) is 14.3. The van der Waals surface area contributed by atoms with Gasteiger partial charge in [-0.25, -0.2) is 14.1 Å². The lowest BCUT2D eigenvalue weighted by Gasteiger charge is -2.43. The average molecular weight is 676 g/mol. The summed E-state index contributed by atoms with van der Waals surface area (Å²) in [5.74, 6) is -5.99. The second-order valence-corrected chi connectivity index (χ2v) is 10.7. The summed E-state index contributed by atoms with van der Waals surface area (Å²) in [6, 6.07) is 0.723. The topological polar surface area (TPSA) is 297 Å². The lowest BCUT2D eigenvalue weighted by Crippen LogP contribution is -2.73. The first-order valence-electron chi connectivity index (χ1n) is 11.5. The zero-order chi connectivity index (χ0) is 32.8. The summed E-state index contributed by atoms with van der Waals surface area (Å²) in [5.41, 5.74) is 3.29. The molecule has 2 aromatic rings. The van der Waals surface area contributed by atoms with Gasteiger partial charge < -0.3 is 25.9 Å². The Kier molecular flexibility index (Phi) is 10.6. The number of Topliss-reactive ketones (excluding diaryl/α,β-unsaturated/α-hetero) is 2. The molecule has 3 rings (SSSR count). The van der Waals surface area contributed by atoms with E-state index in [-0.39, 0.29) is 26.4 Å². The van der Waals surface area contributed by atoms with E-state index >= 15 is 0 Å². The molecule has 1 aliphatic rings. The highest BCUT2D eigenvalue weighted by Gasteiger charge is 2.55. The van der Waals surface area contributed by atoms with E-state index in [0.29, 0.717) is 0 Å². The molecule has 0 radical (unpaired) electrons. The summed E-state index contributed by atoms with van der Waals surface area (Å²) >= 11 is 6.23. The number of hydrogen-bond donors (Lipinski definition) is 4. The van der Waals surface area contributed by atoms with Crippen LogP contribution in [0.5, 0.6) is 0 Å². The maximum absolute atomic E-state index is 13.2. The number of nitrogens with zero attached hydrogens (tertiary/aromatic N) is 4. The number of nitrogens with one attached hydrogen (secondary N) is 2. The van der Waals surface area contributed by atoms with E-state index in [1.54, 1.807) is 0 Å². The van der Waals surface area contributed by atoms with Crippen molar-refractivity contribution in [1.82, 2.24) is 14.6 Å². The molecule has 4 amide bonds. The molecule has 1 aromatic heterocycles. The lowest BCUT2D eigenvalue weighted by molar-refractivity contribution is -0.384. The van der Waals surface area contributed by atoms with Crippen molar-refractivity contribution >= 4 is 85.2 Å². The van der Waals surface area contributed by atoms with Crippen molar-refractivity contribution in [3.63, 3.8) is 0 Å². The van der Waals surface area contributed by atoms with Gasteiger partial charge in [-0.15, -0.1) is 22.9 Å². The molecule has 1 aromatic carbocycles. The van der Waals surface area contributed by atoms with Crippen molar-refractivity contribution in [2.24, 2.45) is 10.9 Å². The Hall–Kier alpha value is -5.06. The molecule has 1 aliphatic heterocycles. The molecule has 0 spiro atoms. The number of amides is 4. The Morgan fingerprint density at radius 2 is 1.89 bits per heavy atom. The second-order valence-electron chi connectivity index (χ2n) is 8.25. The Balaban J connectivity index is 1.83. The number of anilines is 1. The normalized spacial score (nSPS) is 16.4. The maximum Gasteiger partial charge on any atom is 0.404 e. The molecule has 2 atom stereocenters. The number of halogens is 1. The molecule has 2 heterocycles. The first-order chi connectivity index (χ1) is 20.6. The van der Waals surface area contributed by atoms with Gasteiger partial charge in [0, 0.05) is 23.1 Å². The molecule has 0 unspecified atom stereocenters. The van der Waals surface area contributed by atoms with E-state index in [0.717, 1.165) is 35.6 Å². The lowest BCUT2D eigenvalue weighted by atomic mass is 9.99. The molecule has 234 valence electrons. The van der Waals surface area contributed by atoms with Gasteiger partial charge in [0.15, 0.2) is 17.5 Å². The number of alkyl halides is 1. The molecule has 1 fully saturated rings. The number of nitro benzene ring substituents is 1. The highest BCUT2D eigenvalue weighted by molar-refractivity contribution is 7.84. The van der Waals surface area contributed by atoms with Crippen molar-refractivity contribution in [2.45, 2.75) is 12.1 Å². The van der Waals surface area contributed by atoms with E-state index in [1.807, 2.05) is 0 Å². The van der Waals surface area contributed by atoms with E-state index < -0.39 is 87.5 Å². The number of carbonyl (C=O) groups is 6. The van der Waals surface area contributed by atoms with E-state index in [4.69, 9.17) is 22.2 Å². The molecule has 0 bridgehead atoms. The molecule has 5 N–H and O–H groups in total. The second kappa shape index (κ2) is 13.9. The zero-order valence-electron chi connectivity index (χ0n) is 21.6. The highest BCUT2D eigenvalue weighted by Crippen LogP contribution is 2.25. The van der Waals surface area contributed by atoms with Crippen molar-refractivity contribution in [1.29, 1.82) is 0 Å². The fraction of sp³-hybridized carbons (Fsp3) is 0.238. The van der Waals surface area contributed by atoms with Crippen LogP contribution in [0.2, 0.25) is 0 Å². The van der Waals surface area contributed by atoms with Crippen LogP contribution in [0, 0.1) is 10.1 Å². The number of oxime groups is 1. The molecule has 0 aliphatic carbocycles. The summed E-state index contributed by atoms with van der Waals surface area (Å²) in [7, 11) is -5.14. The van der Waals surface area contributed by atoms with E-state index in [2.05, 4.69) is 25.5 Å². The van der Waals surface area contributed by atoms with Crippen LogP contribution in [0.25, 0.3) is 0 Å². The largest absolute Gasteiger partial charge is 0.447 e. The maximum atomic E-state index is 13.2. The standard InChI is InChI=1S/C21H18ClN7O13S2/c22-5-14(31)25-21-24-11(8-43-21)15(27-42-7-13(30)17(32)9-1-3-10(4-2-9)29(36)37)18(33)26-16-12(6-41-20(23)35)28(19(16)34)44(38,39)40/h1-4,8,12,16H,5-7H2,(H2,23,35)(H,26,33)(H,24,25,31)(H,38,39,40)/b27-15-/t12-,16+/m1/s1. The van der Waals surface area contributed by atoms with E-state index in [9.17, 15) is 51.9 Å². The number of β-lactam (4-membered cyclic amide) rings is 1. The van der Waals surface area contributed by atoms with Crippen LogP contribution in [0.1, 0.15) is 16.1 Å². The van der Waals surface area contributed by atoms with Crippen molar-refractivity contribution in [2.75, 3.05) is 24.4 Å². The van der Waals surface area contributed by atoms with Gasteiger partial charge in [-0.3, -0.25) is 38.6 Å². The third-order valence-corrected chi connectivity index (χ3v) is 7.32. The Morgan fingerprint density at radius 1 is 1.23 bits per heavy atom. The summed E-state index contributed by atoms with van der Waals surface area (Å²) in [6.07, 6.45) is -1.36. The fourth-order valence-electron chi connectivity index (χ4n) is 3.42. The minimum Gasteiger partial charge on any atom is -0.447 e. The number of thiazole rings is 1. The first kappa shape index (κ1) is 33.4. The number of carbonyl (C=O) groups excluding carboxylic acids is 6. The van der Waals surface area contributed by atoms with Crippen molar-refractivity contribution in [3.05, 3.63) is 51.0 Å². The van der Waals surface area contributed by atoms with Gasteiger partial charge in [0.2, 0.25) is 17.5 Å². The van der Waals surface area contributed by atoms with Gasteiger partial charge >= 0.3 is 16.4 Å². The van der Waals surface area contributed by atoms with Gasteiger partial charge in [0.05, 0.1) is 4.92 Å². The summed E-state index contributed by atoms with van der Waals surface area (Å²) in [4.78, 5) is 91.8. The number of non-ortho nitro benzene ring substituents is 1. The smallest absolute Gasteiger partial charge is 0.404 e. The number of primary amides is 1. The number of ether oxygens (including phenoxy) is 1. The summed E-state index contributed by atoms with van der Waals surface area (Å²) in [6.45, 7) is -1.90. The molecular formula is C21H18ClN7O13S2. The molecule has 23 heteroatoms. The average Bonchev–Trinajstić information content (AvgIpc) is 3.42. The molecule has 1 saturated heterocycles. The van der Waals surface area contributed by atoms with Crippen molar-refractivity contribution in [3.8, 4) is 0 Å². The van der Waals surface area contributed by atoms with Crippen LogP contribution in [-0.2, 0) is 39.1 Å². The minimum atomic E-state index is -5.14. The summed E-state index contributed by atoms with van der Waals surface area (Å²) in [5, 5.41) is 19.8. The third kappa shape index (κ3) is 8.06. The van der Waals surface area contributed by atoms with Gasteiger partial charge in [-0.2, -0.15) is 8.42 Å². The predicted octanol–water partition coefficient (Wildman–Crippen LogP) is -1.00. The number of benzene rings is 1. The Labute approximate surface area is 254 Å². The van der Waals surface area contributed by atoms with Gasteiger partial charge in [-0.1, -0.05) is 5.16 Å². The molecule has 44 heavy (non-hydrogen) atoms. The van der Waals surface area contributed by atoms with Crippen molar-refractivity contribution < 1.29 is 56.2 Å². The van der Waals surface area contributed by atoms with Gasteiger partial charge in [0.25, 0.3) is 17.5 Å². The Bertz CT molecular complexity index is 1660. The number of rotatable bonds is 14. The number of hydrogen-bond acceptors (Lipinski definition) is 15. The van der Waals surface area contributed by atoms with Gasteiger partial charge in [0.1, 0.15) is 30.3 Å². The van der Waals surface area contributed by atoms with Crippen LogP contribution in [0.3, 0.4) is 0 Å². The number of nitro groups is 1. The predicted molar refractivity (Wildman–Crippen MR) is 146 cm³/mol. The van der Waals surface area contributed by atoms with E-state index in [1.165, 1.54) is 5.38 Å². The minimum absolute atomic E-state index is 0.0689.